The smallest absolute Gasteiger partial charge is 0.229 e. The minimum absolute atomic E-state index is 0.0445. The number of anilines is 1. The number of thioether (sulfide) groups is 1. The number of methoxy groups -OCH3 is 3. The van der Waals surface area contributed by atoms with Gasteiger partial charge in [0.05, 0.1) is 50.5 Å². The summed E-state index contributed by atoms with van der Waals surface area (Å²) < 4.78 is 16.3. The zero-order chi connectivity index (χ0) is 22.8. The number of rotatable bonds is 5. The predicted molar refractivity (Wildman–Crippen MR) is 124 cm³/mol. The molecule has 0 bridgehead atoms. The number of hydrogen-bond acceptors (Lipinski definition) is 7. The number of carbonyl (C=O) groups excluding carboxylic acids is 1. The summed E-state index contributed by atoms with van der Waals surface area (Å²) in [5.41, 5.74) is 2.27. The lowest BCUT2D eigenvalue weighted by Crippen LogP contribution is -2.47. The van der Waals surface area contributed by atoms with E-state index < -0.39 is 5.92 Å². The van der Waals surface area contributed by atoms with E-state index in [4.69, 9.17) is 25.8 Å². The maximum absolute atomic E-state index is 13.2. The lowest BCUT2D eigenvalue weighted by atomic mass is 9.86. The Bertz CT molecular complexity index is 1110. The van der Waals surface area contributed by atoms with Crippen LogP contribution in [0.1, 0.15) is 17.9 Å². The first kappa shape index (κ1) is 22.2. The summed E-state index contributed by atoms with van der Waals surface area (Å²) in [7, 11) is 4.62. The van der Waals surface area contributed by atoms with Crippen LogP contribution in [0.5, 0.6) is 17.2 Å². The number of ether oxygens (including phenoxy) is 3. The van der Waals surface area contributed by atoms with Crippen LogP contribution in [-0.4, -0.2) is 44.7 Å². The molecular weight excluding hydrogens is 450 g/mol. The number of nitriles is 1. The predicted octanol–water partition coefficient (Wildman–Crippen LogP) is 4.59. The molecule has 32 heavy (non-hydrogen) atoms. The second kappa shape index (κ2) is 9.23. The highest BCUT2D eigenvalue weighted by atomic mass is 35.5. The van der Waals surface area contributed by atoms with Gasteiger partial charge in [0.15, 0.2) is 11.5 Å². The largest absolute Gasteiger partial charge is 0.493 e. The molecule has 2 heterocycles. The summed E-state index contributed by atoms with van der Waals surface area (Å²) in [6, 6.07) is 13.5. The van der Waals surface area contributed by atoms with Crippen molar-refractivity contribution in [3.63, 3.8) is 0 Å². The minimum Gasteiger partial charge on any atom is -0.493 e. The lowest BCUT2D eigenvalue weighted by Gasteiger charge is -2.42. The Morgan fingerprint density at radius 3 is 2.44 bits per heavy atom. The Labute approximate surface area is 196 Å². The normalized spacial score (nSPS) is 18.2. The van der Waals surface area contributed by atoms with Gasteiger partial charge in [0.2, 0.25) is 11.7 Å². The third kappa shape index (κ3) is 3.94. The lowest BCUT2D eigenvalue weighted by molar-refractivity contribution is -0.129. The van der Waals surface area contributed by atoms with E-state index in [1.807, 2.05) is 24.3 Å². The SMILES string of the molecule is COc1cc(C2CC(=O)N3CN(c4cccc(Cl)c4)CSC3=C2C#N)cc(OC)c1OC. The van der Waals surface area contributed by atoms with Crippen molar-refractivity contribution in [1.29, 1.82) is 5.26 Å². The van der Waals surface area contributed by atoms with E-state index in [2.05, 4.69) is 11.0 Å². The van der Waals surface area contributed by atoms with Gasteiger partial charge in [-0.2, -0.15) is 5.26 Å². The van der Waals surface area contributed by atoms with Gasteiger partial charge in [-0.05, 0) is 35.9 Å². The van der Waals surface area contributed by atoms with Gasteiger partial charge >= 0.3 is 0 Å². The fourth-order valence-electron chi connectivity index (χ4n) is 3.99. The molecule has 2 aliphatic rings. The molecule has 0 N–H and O–H groups in total. The average molecular weight is 472 g/mol. The quantitative estimate of drug-likeness (QED) is 0.631. The fourth-order valence-corrected chi connectivity index (χ4v) is 5.34. The van der Waals surface area contributed by atoms with Crippen molar-refractivity contribution in [2.75, 3.05) is 38.8 Å². The van der Waals surface area contributed by atoms with Crippen molar-refractivity contribution in [2.24, 2.45) is 0 Å². The van der Waals surface area contributed by atoms with E-state index in [1.54, 1.807) is 31.3 Å². The summed E-state index contributed by atoms with van der Waals surface area (Å²) >= 11 is 7.61. The van der Waals surface area contributed by atoms with Gasteiger partial charge in [0.1, 0.15) is 0 Å². The third-order valence-corrected chi connectivity index (χ3v) is 6.95. The highest BCUT2D eigenvalue weighted by molar-refractivity contribution is 8.03. The van der Waals surface area contributed by atoms with Gasteiger partial charge in [0.25, 0.3) is 0 Å². The molecule has 0 aliphatic carbocycles. The van der Waals surface area contributed by atoms with Crippen LogP contribution in [0.15, 0.2) is 47.0 Å². The molecule has 9 heteroatoms. The molecular formula is C23H22ClN3O4S. The second-order valence-electron chi connectivity index (χ2n) is 7.30. The number of fused-ring (bicyclic) bond motifs is 1. The summed E-state index contributed by atoms with van der Waals surface area (Å²) in [4.78, 5) is 16.9. The molecule has 2 aromatic rings. The number of allylic oxidation sites excluding steroid dienone is 1. The van der Waals surface area contributed by atoms with Crippen LogP contribution in [0, 0.1) is 11.3 Å². The number of benzene rings is 2. The Kier molecular flexibility index (Phi) is 6.40. The molecule has 0 saturated carbocycles. The minimum atomic E-state index is -0.391. The van der Waals surface area contributed by atoms with Crippen LogP contribution in [-0.2, 0) is 4.79 Å². The molecule has 0 radical (unpaired) electrons. The van der Waals surface area contributed by atoms with Crippen LogP contribution in [0.3, 0.4) is 0 Å². The monoisotopic (exact) mass is 471 g/mol. The van der Waals surface area contributed by atoms with Crippen LogP contribution in [0.4, 0.5) is 5.69 Å². The van der Waals surface area contributed by atoms with Gasteiger partial charge in [-0.3, -0.25) is 9.69 Å². The number of halogens is 1. The van der Waals surface area contributed by atoms with E-state index in [0.29, 0.717) is 45.4 Å². The van der Waals surface area contributed by atoms with Crippen LogP contribution >= 0.6 is 23.4 Å². The highest BCUT2D eigenvalue weighted by Gasteiger charge is 2.39. The molecule has 1 unspecified atom stereocenters. The maximum atomic E-state index is 13.2. The first-order chi connectivity index (χ1) is 15.5. The zero-order valence-corrected chi connectivity index (χ0v) is 19.5. The first-order valence-electron chi connectivity index (χ1n) is 9.88. The summed E-state index contributed by atoms with van der Waals surface area (Å²) in [5.74, 6) is 1.62. The Balaban J connectivity index is 1.71. The molecule has 1 fully saturated rings. The Morgan fingerprint density at radius 1 is 1.12 bits per heavy atom. The van der Waals surface area contributed by atoms with Gasteiger partial charge in [-0.15, -0.1) is 0 Å². The number of nitrogens with zero attached hydrogens (tertiary/aromatic N) is 3. The van der Waals surface area contributed by atoms with Gasteiger partial charge in [0, 0.05) is 23.0 Å². The molecule has 0 aromatic heterocycles. The van der Waals surface area contributed by atoms with E-state index in [1.165, 1.54) is 18.9 Å². The van der Waals surface area contributed by atoms with Crippen LogP contribution < -0.4 is 19.1 Å². The Hall–Kier alpha value is -3.02. The van der Waals surface area contributed by atoms with E-state index in [9.17, 15) is 10.1 Å². The molecule has 1 amide bonds. The summed E-state index contributed by atoms with van der Waals surface area (Å²) in [6.45, 7) is 0.370. The van der Waals surface area contributed by atoms with Gasteiger partial charge in [-0.1, -0.05) is 29.4 Å². The fraction of sp³-hybridized carbons (Fsp3) is 0.304. The molecule has 166 valence electrons. The average Bonchev–Trinajstić information content (AvgIpc) is 2.82. The maximum Gasteiger partial charge on any atom is 0.229 e. The topological polar surface area (TPSA) is 75.0 Å². The number of hydrogen-bond donors (Lipinski definition) is 0. The van der Waals surface area contributed by atoms with Crippen molar-refractivity contribution in [3.05, 3.63) is 57.6 Å². The van der Waals surface area contributed by atoms with Crippen LogP contribution in [0.25, 0.3) is 0 Å². The van der Waals surface area contributed by atoms with Crippen molar-refractivity contribution < 1.29 is 19.0 Å². The van der Waals surface area contributed by atoms with E-state index in [-0.39, 0.29) is 12.3 Å². The zero-order valence-electron chi connectivity index (χ0n) is 17.9. The second-order valence-corrected chi connectivity index (χ2v) is 8.67. The summed E-state index contributed by atoms with van der Waals surface area (Å²) in [5, 5.41) is 11.4. The van der Waals surface area contributed by atoms with E-state index in [0.717, 1.165) is 11.3 Å². The van der Waals surface area contributed by atoms with Crippen molar-refractivity contribution in [1.82, 2.24) is 4.90 Å². The first-order valence-corrected chi connectivity index (χ1v) is 11.2. The molecule has 0 spiro atoms. The van der Waals surface area contributed by atoms with Gasteiger partial charge in [-0.25, -0.2) is 0 Å². The molecule has 1 saturated heterocycles. The highest BCUT2D eigenvalue weighted by Crippen LogP contribution is 2.47. The van der Waals surface area contributed by atoms with Crippen molar-refractivity contribution >= 4 is 35.0 Å². The molecule has 4 rings (SSSR count). The summed E-state index contributed by atoms with van der Waals surface area (Å²) in [6.07, 6.45) is 0.176. The van der Waals surface area contributed by atoms with Crippen molar-refractivity contribution in [3.8, 4) is 23.3 Å². The molecule has 2 aliphatic heterocycles. The van der Waals surface area contributed by atoms with E-state index >= 15 is 0 Å². The number of carbonyl (C=O) groups is 1. The van der Waals surface area contributed by atoms with Gasteiger partial charge < -0.3 is 19.1 Å². The number of amides is 1. The Morgan fingerprint density at radius 2 is 1.84 bits per heavy atom. The third-order valence-electron chi connectivity index (χ3n) is 5.56. The molecule has 7 nitrogen and oxygen atoms in total. The molecule has 1 atom stereocenters. The van der Waals surface area contributed by atoms with Crippen molar-refractivity contribution in [2.45, 2.75) is 12.3 Å². The molecule has 2 aromatic carbocycles. The van der Waals surface area contributed by atoms with Crippen LogP contribution in [0.2, 0.25) is 5.02 Å². The standard InChI is InChI=1S/C23H22ClN3O4S/c1-29-19-7-14(8-20(30-2)22(19)31-3)17-10-21(28)27-12-26(13-32-23(27)18(17)11-25)16-6-4-5-15(24)9-16/h4-9,17H,10,12-13H2,1-3H3.